The molecule has 0 bridgehead atoms. The molecule has 0 spiro atoms. The smallest absolute Gasteiger partial charge is 0.338 e. The number of hydrogen-bond donors (Lipinski definition) is 0. The van der Waals surface area contributed by atoms with Crippen molar-refractivity contribution in [3.63, 3.8) is 0 Å². The maximum Gasteiger partial charge on any atom is 0.338 e. The van der Waals surface area contributed by atoms with Gasteiger partial charge in [0.15, 0.2) is 4.80 Å². The highest BCUT2D eigenvalue weighted by Crippen LogP contribution is 2.31. The number of hydrogen-bond acceptors (Lipinski definition) is 6. The van der Waals surface area contributed by atoms with Gasteiger partial charge < -0.3 is 9.47 Å². The molecular weight excluding hydrogens is 563 g/mol. The van der Waals surface area contributed by atoms with Crippen molar-refractivity contribution >= 4 is 46.0 Å². The molecule has 4 rings (SSSR count). The maximum atomic E-state index is 13.6. The third kappa shape index (κ3) is 5.02. The third-order valence-electron chi connectivity index (χ3n) is 5.25. The maximum absolute atomic E-state index is 13.6. The lowest BCUT2D eigenvalue weighted by atomic mass is 9.96. The standard InChI is InChI=1S/C26H25IN2O4S/c1-5-32-25(31)22-16(4)28-26-29(23(22)18-8-12-20(13-9-18)33-15(2)3)24(30)21(34-26)14-17-6-10-19(27)11-7-17/h6-15,23H,5H2,1-4H3/b21-14-/t23-/m0/s1. The summed E-state index contributed by atoms with van der Waals surface area (Å²) in [6.07, 6.45) is 1.90. The summed E-state index contributed by atoms with van der Waals surface area (Å²) < 4.78 is 14.4. The van der Waals surface area contributed by atoms with E-state index in [4.69, 9.17) is 9.47 Å². The highest BCUT2D eigenvalue weighted by molar-refractivity contribution is 14.1. The Kier molecular flexibility index (Phi) is 7.37. The number of benzene rings is 2. The zero-order valence-corrected chi connectivity index (χ0v) is 22.3. The molecule has 6 nitrogen and oxygen atoms in total. The normalized spacial score (nSPS) is 15.8. The number of allylic oxidation sites excluding steroid dienone is 1. The van der Waals surface area contributed by atoms with Crippen LogP contribution in [0.1, 0.15) is 44.9 Å². The molecule has 0 N–H and O–H groups in total. The van der Waals surface area contributed by atoms with E-state index in [0.717, 1.165) is 20.4 Å². The molecule has 0 saturated heterocycles. The van der Waals surface area contributed by atoms with E-state index in [1.165, 1.54) is 11.3 Å². The summed E-state index contributed by atoms with van der Waals surface area (Å²) in [5, 5.41) is 0. The van der Waals surface area contributed by atoms with Crippen LogP contribution >= 0.6 is 33.9 Å². The van der Waals surface area contributed by atoms with Crippen molar-refractivity contribution in [2.24, 2.45) is 4.99 Å². The van der Waals surface area contributed by atoms with E-state index in [0.29, 0.717) is 20.6 Å². The Labute approximate surface area is 215 Å². The SMILES string of the molecule is CCOC(=O)C1=C(C)N=c2s/c(=C\c3ccc(I)cc3)c(=O)n2[C@H]1c1ccc(OC(C)C)cc1. The van der Waals surface area contributed by atoms with E-state index in [-0.39, 0.29) is 18.3 Å². The topological polar surface area (TPSA) is 69.9 Å². The summed E-state index contributed by atoms with van der Waals surface area (Å²) in [6.45, 7) is 7.71. The van der Waals surface area contributed by atoms with E-state index >= 15 is 0 Å². The van der Waals surface area contributed by atoms with Gasteiger partial charge in [-0.15, -0.1) is 0 Å². The minimum absolute atomic E-state index is 0.0435. The number of carbonyl (C=O) groups excluding carboxylic acids is 1. The summed E-state index contributed by atoms with van der Waals surface area (Å²) in [5.74, 6) is 0.256. The quantitative estimate of drug-likeness (QED) is 0.320. The van der Waals surface area contributed by atoms with Crippen LogP contribution in [0.4, 0.5) is 0 Å². The van der Waals surface area contributed by atoms with Gasteiger partial charge in [-0.2, -0.15) is 0 Å². The van der Waals surface area contributed by atoms with Gasteiger partial charge in [-0.1, -0.05) is 35.6 Å². The number of carbonyl (C=O) groups is 1. The van der Waals surface area contributed by atoms with Gasteiger partial charge in [0.2, 0.25) is 0 Å². The van der Waals surface area contributed by atoms with Crippen molar-refractivity contribution in [2.45, 2.75) is 39.8 Å². The number of halogens is 1. The first kappa shape index (κ1) is 24.4. The highest BCUT2D eigenvalue weighted by atomic mass is 127. The first-order chi connectivity index (χ1) is 16.3. The minimum atomic E-state index is -0.637. The fourth-order valence-electron chi connectivity index (χ4n) is 3.82. The Morgan fingerprint density at radius 3 is 2.47 bits per heavy atom. The fraction of sp³-hybridized carbons (Fsp3) is 0.269. The van der Waals surface area contributed by atoms with Crippen molar-refractivity contribution in [1.82, 2.24) is 4.57 Å². The van der Waals surface area contributed by atoms with Crippen molar-refractivity contribution in [3.05, 3.63) is 94.2 Å². The lowest BCUT2D eigenvalue weighted by Crippen LogP contribution is -2.39. The van der Waals surface area contributed by atoms with Gasteiger partial charge in [-0.25, -0.2) is 9.79 Å². The number of rotatable bonds is 6. The van der Waals surface area contributed by atoms with Crippen LogP contribution in [0, 0.1) is 3.57 Å². The molecule has 0 fully saturated rings. The van der Waals surface area contributed by atoms with Crippen LogP contribution in [0.5, 0.6) is 5.75 Å². The molecule has 0 amide bonds. The molecule has 1 aromatic heterocycles. The number of fused-ring (bicyclic) bond motifs is 1. The first-order valence-corrected chi connectivity index (χ1v) is 12.9. The molecule has 2 aromatic carbocycles. The molecule has 34 heavy (non-hydrogen) atoms. The number of aromatic nitrogens is 1. The second-order valence-electron chi connectivity index (χ2n) is 8.09. The molecule has 1 aliphatic heterocycles. The zero-order valence-electron chi connectivity index (χ0n) is 19.4. The van der Waals surface area contributed by atoms with Crippen LogP contribution in [-0.2, 0) is 9.53 Å². The second-order valence-corrected chi connectivity index (χ2v) is 10.3. The van der Waals surface area contributed by atoms with Gasteiger partial charge in [-0.3, -0.25) is 9.36 Å². The van der Waals surface area contributed by atoms with Gasteiger partial charge in [0.25, 0.3) is 5.56 Å². The van der Waals surface area contributed by atoms with Gasteiger partial charge in [-0.05, 0) is 91.8 Å². The monoisotopic (exact) mass is 588 g/mol. The van der Waals surface area contributed by atoms with Gasteiger partial charge >= 0.3 is 5.97 Å². The molecular formula is C26H25IN2O4S. The summed E-state index contributed by atoms with van der Waals surface area (Å²) in [7, 11) is 0. The van der Waals surface area contributed by atoms with Crippen molar-refractivity contribution in [2.75, 3.05) is 6.61 Å². The van der Waals surface area contributed by atoms with E-state index < -0.39 is 12.0 Å². The van der Waals surface area contributed by atoms with Crippen LogP contribution in [0.25, 0.3) is 6.08 Å². The van der Waals surface area contributed by atoms with Gasteiger partial charge in [0.1, 0.15) is 5.75 Å². The zero-order chi connectivity index (χ0) is 24.4. The number of esters is 1. The summed E-state index contributed by atoms with van der Waals surface area (Å²) in [6, 6.07) is 14.8. The van der Waals surface area contributed by atoms with Gasteiger partial charge in [0.05, 0.1) is 34.6 Å². The second kappa shape index (κ2) is 10.3. The van der Waals surface area contributed by atoms with Crippen LogP contribution in [0.15, 0.2) is 69.6 Å². The number of thiazole rings is 1. The summed E-state index contributed by atoms with van der Waals surface area (Å²) >= 11 is 3.57. The molecule has 0 radical (unpaired) electrons. The molecule has 0 unspecified atom stereocenters. The predicted molar refractivity (Wildman–Crippen MR) is 142 cm³/mol. The van der Waals surface area contributed by atoms with Crippen LogP contribution < -0.4 is 19.6 Å². The number of ether oxygens (including phenoxy) is 2. The predicted octanol–water partition coefficient (Wildman–Crippen LogP) is 4.19. The molecule has 0 aliphatic carbocycles. The Morgan fingerprint density at radius 1 is 1.18 bits per heavy atom. The molecule has 1 aliphatic rings. The molecule has 176 valence electrons. The average Bonchev–Trinajstić information content (AvgIpc) is 3.09. The van der Waals surface area contributed by atoms with E-state index in [2.05, 4.69) is 27.6 Å². The average molecular weight is 588 g/mol. The first-order valence-electron chi connectivity index (χ1n) is 11.0. The van der Waals surface area contributed by atoms with E-state index in [1.54, 1.807) is 18.4 Å². The molecule has 8 heteroatoms. The Bertz CT molecular complexity index is 1420. The third-order valence-corrected chi connectivity index (χ3v) is 6.95. The van der Waals surface area contributed by atoms with Crippen molar-refractivity contribution in [3.8, 4) is 5.75 Å². The Hall–Kier alpha value is -2.72. The lowest BCUT2D eigenvalue weighted by molar-refractivity contribution is -0.139. The van der Waals surface area contributed by atoms with Crippen LogP contribution in [0.2, 0.25) is 0 Å². The molecule has 3 aromatic rings. The van der Waals surface area contributed by atoms with Crippen LogP contribution in [-0.4, -0.2) is 23.2 Å². The highest BCUT2D eigenvalue weighted by Gasteiger charge is 2.33. The fourth-order valence-corrected chi connectivity index (χ4v) is 5.22. The molecule has 0 saturated carbocycles. The Morgan fingerprint density at radius 2 is 1.85 bits per heavy atom. The van der Waals surface area contributed by atoms with Crippen molar-refractivity contribution in [1.29, 1.82) is 0 Å². The summed E-state index contributed by atoms with van der Waals surface area (Å²) in [4.78, 5) is 31.7. The van der Waals surface area contributed by atoms with E-state index in [1.807, 2.05) is 68.5 Å². The van der Waals surface area contributed by atoms with E-state index in [9.17, 15) is 9.59 Å². The van der Waals surface area contributed by atoms with Crippen LogP contribution in [0.3, 0.4) is 0 Å². The summed E-state index contributed by atoms with van der Waals surface area (Å²) in [5.41, 5.74) is 2.44. The lowest BCUT2D eigenvalue weighted by Gasteiger charge is -2.25. The van der Waals surface area contributed by atoms with Crippen molar-refractivity contribution < 1.29 is 14.3 Å². The Balaban J connectivity index is 1.89. The molecule has 2 heterocycles. The largest absolute Gasteiger partial charge is 0.491 e. The minimum Gasteiger partial charge on any atom is -0.491 e. The number of nitrogens with zero attached hydrogens (tertiary/aromatic N) is 2. The van der Waals surface area contributed by atoms with Gasteiger partial charge in [0, 0.05) is 3.57 Å². The molecule has 1 atom stereocenters.